The fourth-order valence-corrected chi connectivity index (χ4v) is 9.26. The number of unbranched alkanes of at least 4 members (excludes halogenated alkanes) is 5. The quantitative estimate of drug-likeness (QED) is 0.0538. The van der Waals surface area contributed by atoms with Crippen LogP contribution in [-0.4, -0.2) is 58.1 Å². The second-order valence-corrected chi connectivity index (χ2v) is 16.8. The molecule has 0 aromatic heterocycles. The molecule has 0 amide bonds. The molecule has 0 saturated heterocycles. The van der Waals surface area contributed by atoms with Gasteiger partial charge in [-0.2, -0.15) is 22.7 Å². The van der Waals surface area contributed by atoms with E-state index in [4.69, 9.17) is 14.2 Å². The molecule has 0 saturated carbocycles. The van der Waals surface area contributed by atoms with Crippen molar-refractivity contribution in [2.75, 3.05) is 47.5 Å². The lowest BCUT2D eigenvalue weighted by molar-refractivity contribution is -0.929. The van der Waals surface area contributed by atoms with Gasteiger partial charge in [0.05, 0.1) is 53.7 Å². The van der Waals surface area contributed by atoms with E-state index in [0.717, 1.165) is 36.4 Å². The summed E-state index contributed by atoms with van der Waals surface area (Å²) in [6, 6.07) is 40.1. The summed E-state index contributed by atoms with van der Waals surface area (Å²) in [6.45, 7) is 17.3. The highest BCUT2D eigenvalue weighted by molar-refractivity contribution is 7.11. The Balaban J connectivity index is 0.000000320. The van der Waals surface area contributed by atoms with Crippen LogP contribution in [0.15, 0.2) is 109 Å². The minimum absolute atomic E-state index is 0.878. The Morgan fingerprint density at radius 3 is 0.914 bits per heavy atom. The lowest BCUT2D eigenvalue weighted by atomic mass is 9.14. The van der Waals surface area contributed by atoms with Crippen LogP contribution in [0.4, 0.5) is 0 Å². The van der Waals surface area contributed by atoms with Gasteiger partial charge in [-0.1, -0.05) is 146 Å². The van der Waals surface area contributed by atoms with Crippen LogP contribution in [0.2, 0.25) is 6.32 Å². The van der Waals surface area contributed by atoms with Gasteiger partial charge in [-0.3, -0.25) is 0 Å². The van der Waals surface area contributed by atoms with Crippen molar-refractivity contribution in [3.63, 3.8) is 0 Å². The van der Waals surface area contributed by atoms with Crippen LogP contribution in [0.3, 0.4) is 0 Å². The number of ether oxygens (including phenoxy) is 3. The minimum atomic E-state index is -1.29. The summed E-state index contributed by atoms with van der Waals surface area (Å²) in [7, 11) is 5.16. The highest BCUT2D eigenvalue weighted by atomic mass is 16.5. The largest absolute Gasteiger partial charge is 0.497 e. The number of fused-ring (bicyclic) bond motifs is 3. The second kappa shape index (κ2) is 22.0. The molecule has 0 radical (unpaired) electrons. The molecular formula is C53H72BNO3. The van der Waals surface area contributed by atoms with Crippen molar-refractivity contribution in [1.29, 1.82) is 0 Å². The molecule has 6 rings (SSSR count). The summed E-state index contributed by atoms with van der Waals surface area (Å²) in [6.07, 6.45) is 13.1. The lowest BCUT2D eigenvalue weighted by Gasteiger charge is -2.44. The Hall–Kier alpha value is -4.48. The number of hydrogen-bond donors (Lipinski definition) is 0. The monoisotopic (exact) mass is 782 g/mol. The van der Waals surface area contributed by atoms with E-state index in [1.54, 1.807) is 21.3 Å². The van der Waals surface area contributed by atoms with Crippen LogP contribution in [0.1, 0.15) is 98.8 Å². The van der Waals surface area contributed by atoms with Gasteiger partial charge >= 0.3 is 0 Å². The molecule has 0 fully saturated rings. The van der Waals surface area contributed by atoms with Gasteiger partial charge in [0, 0.05) is 0 Å². The molecule has 0 atom stereocenters. The van der Waals surface area contributed by atoms with Crippen LogP contribution in [0, 0.1) is 0 Å². The number of hydrogen-bond acceptors (Lipinski definition) is 3. The Bertz CT molecular complexity index is 1930. The van der Waals surface area contributed by atoms with Gasteiger partial charge in [-0.15, -0.1) is 0 Å². The fraction of sp³-hybridized carbons (Fsp3) is 0.434. The van der Waals surface area contributed by atoms with Crippen molar-refractivity contribution in [1.82, 2.24) is 0 Å². The van der Waals surface area contributed by atoms with Gasteiger partial charge in [0.2, 0.25) is 0 Å². The normalized spacial score (nSPS) is 11.8. The van der Waals surface area contributed by atoms with E-state index in [1.165, 1.54) is 131 Å². The summed E-state index contributed by atoms with van der Waals surface area (Å²) < 4.78 is 18.0. The van der Waals surface area contributed by atoms with Gasteiger partial charge in [0.1, 0.15) is 17.2 Å². The van der Waals surface area contributed by atoms with Crippen LogP contribution < -0.4 is 30.6 Å². The maximum atomic E-state index is 5.51. The molecule has 6 aromatic rings. The highest BCUT2D eigenvalue weighted by Gasteiger charge is 2.30. The highest BCUT2D eigenvalue weighted by Crippen LogP contribution is 2.27. The van der Waals surface area contributed by atoms with Gasteiger partial charge < -0.3 is 18.7 Å². The number of quaternary nitrogens is 1. The number of nitrogens with zero attached hydrogens (tertiary/aromatic N) is 1. The molecule has 4 nitrogen and oxygen atoms in total. The first-order chi connectivity index (χ1) is 28.3. The number of methoxy groups -OCH3 is 3. The van der Waals surface area contributed by atoms with Crippen molar-refractivity contribution in [2.45, 2.75) is 105 Å². The topological polar surface area (TPSA) is 27.7 Å². The van der Waals surface area contributed by atoms with Gasteiger partial charge in [0.15, 0.2) is 0 Å². The van der Waals surface area contributed by atoms with Crippen molar-refractivity contribution in [3.8, 4) is 17.2 Å². The van der Waals surface area contributed by atoms with E-state index in [0.29, 0.717) is 0 Å². The molecule has 0 spiro atoms. The summed E-state index contributed by atoms with van der Waals surface area (Å²) in [4.78, 5) is 0. The first-order valence-electron chi connectivity index (χ1n) is 22.6. The van der Waals surface area contributed by atoms with E-state index in [1.807, 2.05) is 0 Å². The van der Waals surface area contributed by atoms with Gasteiger partial charge in [0.25, 0.3) is 0 Å². The first-order valence-corrected chi connectivity index (χ1v) is 22.6. The SMILES string of the molecule is CCCC[B-](c1ccc2cc(OC)ccc2c1)(c1ccc2cc(OC)ccc2c1)c1ccc2cc(OC)ccc2c1.CCCC[N+](CCCC)(CCCC)CCCC. The van der Waals surface area contributed by atoms with E-state index >= 15 is 0 Å². The molecule has 0 N–H and O–H groups in total. The van der Waals surface area contributed by atoms with Gasteiger partial charge in [-0.05, 0) is 94.4 Å². The Morgan fingerprint density at radius 2 is 0.638 bits per heavy atom. The van der Waals surface area contributed by atoms with Crippen LogP contribution >= 0.6 is 0 Å². The molecule has 0 bridgehead atoms. The average molecular weight is 782 g/mol. The summed E-state index contributed by atoms with van der Waals surface area (Å²) in [5.41, 5.74) is 4.07. The summed E-state index contributed by atoms with van der Waals surface area (Å²) in [5, 5.41) is 7.23. The maximum absolute atomic E-state index is 5.51. The molecule has 6 aromatic carbocycles. The third-order valence-corrected chi connectivity index (χ3v) is 12.9. The van der Waals surface area contributed by atoms with E-state index in [2.05, 4.69) is 144 Å². The molecule has 5 heteroatoms. The molecule has 310 valence electrons. The summed E-state index contributed by atoms with van der Waals surface area (Å²) in [5.74, 6) is 2.63. The molecule has 58 heavy (non-hydrogen) atoms. The minimum Gasteiger partial charge on any atom is -0.497 e. The zero-order chi connectivity index (χ0) is 41.4. The van der Waals surface area contributed by atoms with Crippen LogP contribution in [-0.2, 0) is 0 Å². The Morgan fingerprint density at radius 1 is 0.362 bits per heavy atom. The smallest absolute Gasteiger partial charge is 0.119 e. The molecule has 0 aliphatic rings. The third-order valence-electron chi connectivity index (χ3n) is 12.9. The molecule has 0 heterocycles. The fourth-order valence-electron chi connectivity index (χ4n) is 9.26. The lowest BCUT2D eigenvalue weighted by Crippen LogP contribution is -2.67. The number of rotatable bonds is 21. The molecule has 0 unspecified atom stereocenters. The Labute approximate surface area is 351 Å². The first kappa shape index (κ1) is 44.6. The zero-order valence-electron chi connectivity index (χ0n) is 37.2. The van der Waals surface area contributed by atoms with E-state index < -0.39 is 6.15 Å². The van der Waals surface area contributed by atoms with Crippen LogP contribution in [0.5, 0.6) is 17.2 Å². The molecule has 0 aliphatic heterocycles. The molecular weight excluding hydrogens is 709 g/mol. The maximum Gasteiger partial charge on any atom is 0.119 e. The van der Waals surface area contributed by atoms with Gasteiger partial charge in [-0.25, -0.2) is 0 Å². The predicted molar refractivity (Wildman–Crippen MR) is 255 cm³/mol. The van der Waals surface area contributed by atoms with Crippen molar-refractivity contribution in [2.24, 2.45) is 0 Å². The van der Waals surface area contributed by atoms with E-state index in [9.17, 15) is 0 Å². The van der Waals surface area contributed by atoms with E-state index in [-0.39, 0.29) is 0 Å². The summed E-state index contributed by atoms with van der Waals surface area (Å²) >= 11 is 0. The standard InChI is InChI=1S/C37H36BO3.C16H36N/c1-5-6-19-38(32-13-7-29-23-35(39-2)16-10-26(29)20-32,33-14-8-30-24-36(40-3)17-11-27(30)21-33)34-15-9-31-25-37(41-4)18-12-28(31)22-34;1-5-9-13-17(14-10-6-2,15-11-7-3)16-12-8-4/h7-18,20-25H,5-6,19H2,1-4H3;5-16H2,1-4H3/q-1;+1. The third kappa shape index (κ3) is 10.8. The van der Waals surface area contributed by atoms with Crippen molar-refractivity contribution < 1.29 is 18.7 Å². The van der Waals surface area contributed by atoms with Crippen molar-refractivity contribution in [3.05, 3.63) is 109 Å². The van der Waals surface area contributed by atoms with Crippen molar-refractivity contribution >= 4 is 54.9 Å². The predicted octanol–water partition coefficient (Wildman–Crippen LogP) is 12.4. The Kier molecular flexibility index (Phi) is 17.0. The number of benzene rings is 6. The second-order valence-electron chi connectivity index (χ2n) is 16.8. The average Bonchev–Trinajstić information content (AvgIpc) is 3.28. The van der Waals surface area contributed by atoms with Crippen LogP contribution in [0.25, 0.3) is 32.3 Å². The zero-order valence-corrected chi connectivity index (χ0v) is 37.2. The molecule has 0 aliphatic carbocycles.